The van der Waals surface area contributed by atoms with Crippen LogP contribution < -0.4 is 26.6 Å². The number of Topliss-reactive ketones (excluding diaryl/α,β-unsaturated/α-hetero) is 1. The van der Waals surface area contributed by atoms with Crippen LogP contribution in [0.3, 0.4) is 0 Å². The number of ketones is 1. The third kappa shape index (κ3) is 38.9. The second kappa shape index (κ2) is 43.6. The molecule has 6 N–H and O–H groups in total. The molecule has 17 heteroatoms. The number of nitrogens with one attached hydrogen (secondary N) is 5. The Morgan fingerprint density at radius 2 is 1.01 bits per heavy atom. The number of aliphatic carboxylic acids is 1. The second-order valence-electron chi connectivity index (χ2n) is 18.0. The zero-order chi connectivity index (χ0) is 49.0. The first kappa shape index (κ1) is 61.3. The van der Waals surface area contributed by atoms with E-state index >= 15 is 0 Å². The van der Waals surface area contributed by atoms with E-state index in [1.165, 1.54) is 103 Å². The first-order chi connectivity index (χ1) is 32.5. The van der Waals surface area contributed by atoms with E-state index in [4.69, 9.17) is 24.1 Å². The van der Waals surface area contributed by atoms with Crippen molar-refractivity contribution in [1.82, 2.24) is 26.6 Å². The highest BCUT2D eigenvalue weighted by molar-refractivity contribution is 5.88. The molecule has 1 aliphatic rings. The van der Waals surface area contributed by atoms with Gasteiger partial charge in [0, 0.05) is 51.4 Å². The Kier molecular flexibility index (Phi) is 39.9. The van der Waals surface area contributed by atoms with Crippen molar-refractivity contribution < 1.29 is 57.6 Å². The van der Waals surface area contributed by atoms with E-state index in [0.29, 0.717) is 51.6 Å². The lowest BCUT2D eigenvalue weighted by atomic mass is 9.81. The molecule has 0 saturated heterocycles. The summed E-state index contributed by atoms with van der Waals surface area (Å²) in [6.45, 7) is 6.28. The van der Waals surface area contributed by atoms with Gasteiger partial charge in [0.15, 0.2) is 5.78 Å². The molecule has 388 valence electrons. The van der Waals surface area contributed by atoms with E-state index in [2.05, 4.69) is 33.5 Å². The Bertz CT molecular complexity index is 1330. The van der Waals surface area contributed by atoms with E-state index in [1.54, 1.807) is 0 Å². The Labute approximate surface area is 402 Å². The van der Waals surface area contributed by atoms with Gasteiger partial charge in [-0.1, -0.05) is 110 Å². The fraction of sp³-hybridized carbons (Fsp3) is 0.860. The van der Waals surface area contributed by atoms with Gasteiger partial charge in [-0.3, -0.25) is 33.6 Å². The molecule has 1 unspecified atom stereocenters. The quantitative estimate of drug-likeness (QED) is 0.0381. The van der Waals surface area contributed by atoms with Crippen molar-refractivity contribution in [2.24, 2.45) is 11.8 Å². The predicted molar refractivity (Wildman–Crippen MR) is 258 cm³/mol. The number of unbranched alkanes of at least 4 members (excludes halogenated alkanes) is 16. The van der Waals surface area contributed by atoms with Gasteiger partial charge in [0.05, 0.1) is 39.6 Å². The van der Waals surface area contributed by atoms with Crippen molar-refractivity contribution in [3.63, 3.8) is 0 Å². The summed E-state index contributed by atoms with van der Waals surface area (Å²) in [4.78, 5) is 84.6. The molecule has 1 saturated carbocycles. The molecule has 0 aromatic carbocycles. The summed E-state index contributed by atoms with van der Waals surface area (Å²) in [7, 11) is 0. The Balaban J connectivity index is 2.08. The first-order valence-corrected chi connectivity index (χ1v) is 25.9. The summed E-state index contributed by atoms with van der Waals surface area (Å²) in [5.41, 5.74) is 0. The van der Waals surface area contributed by atoms with Gasteiger partial charge in [-0.2, -0.15) is 0 Å². The largest absolute Gasteiger partial charge is 0.481 e. The highest BCUT2D eigenvalue weighted by atomic mass is 16.5. The average molecular weight is 954 g/mol. The maximum absolute atomic E-state index is 12.8. The van der Waals surface area contributed by atoms with E-state index in [0.717, 1.165) is 38.5 Å². The monoisotopic (exact) mass is 954 g/mol. The number of rotatable bonds is 46. The van der Waals surface area contributed by atoms with Gasteiger partial charge < -0.3 is 50.6 Å². The molecule has 67 heavy (non-hydrogen) atoms. The Morgan fingerprint density at radius 3 is 1.57 bits per heavy atom. The molecule has 0 aromatic rings. The van der Waals surface area contributed by atoms with Crippen LogP contribution in [0.4, 0.5) is 0 Å². The zero-order valence-corrected chi connectivity index (χ0v) is 41.5. The molecule has 0 aliphatic heterocycles. The van der Waals surface area contributed by atoms with E-state index in [-0.39, 0.29) is 94.9 Å². The maximum Gasteiger partial charge on any atom is 0.303 e. The molecule has 5 amide bonds. The second-order valence-corrected chi connectivity index (χ2v) is 18.0. The van der Waals surface area contributed by atoms with Gasteiger partial charge in [0.25, 0.3) is 0 Å². The number of ether oxygens (including phenoxy) is 4. The van der Waals surface area contributed by atoms with Crippen molar-refractivity contribution in [1.29, 1.82) is 0 Å². The number of carbonyl (C=O) groups excluding carboxylic acids is 6. The third-order valence-corrected chi connectivity index (χ3v) is 11.9. The number of carboxylic acids is 1. The smallest absolute Gasteiger partial charge is 0.303 e. The fourth-order valence-corrected chi connectivity index (χ4v) is 7.90. The van der Waals surface area contributed by atoms with Crippen LogP contribution in [0.5, 0.6) is 0 Å². The zero-order valence-electron chi connectivity index (χ0n) is 41.5. The number of amides is 5. The van der Waals surface area contributed by atoms with Gasteiger partial charge in [0.2, 0.25) is 29.5 Å². The fourth-order valence-electron chi connectivity index (χ4n) is 7.90. The molecule has 0 radical (unpaired) electrons. The van der Waals surface area contributed by atoms with Gasteiger partial charge in [0.1, 0.15) is 19.3 Å². The van der Waals surface area contributed by atoms with Crippen molar-refractivity contribution in [2.75, 3.05) is 79.0 Å². The molecular weight excluding hydrogens is 863 g/mol. The predicted octanol–water partition coefficient (Wildman–Crippen LogP) is 6.08. The highest BCUT2D eigenvalue weighted by Crippen LogP contribution is 2.28. The van der Waals surface area contributed by atoms with Gasteiger partial charge >= 0.3 is 5.97 Å². The molecule has 0 heterocycles. The molecule has 0 bridgehead atoms. The molecule has 1 rings (SSSR count). The van der Waals surface area contributed by atoms with Gasteiger partial charge in [-0.05, 0) is 57.8 Å². The van der Waals surface area contributed by atoms with Crippen LogP contribution >= 0.6 is 0 Å². The number of hydrogen-bond donors (Lipinski definition) is 6. The lowest BCUT2D eigenvalue weighted by molar-refractivity contribution is -0.138. The Morgan fingerprint density at radius 1 is 0.507 bits per heavy atom. The molecular formula is C50H91N5O12. The third-order valence-electron chi connectivity index (χ3n) is 11.9. The van der Waals surface area contributed by atoms with Crippen molar-refractivity contribution >= 4 is 41.3 Å². The van der Waals surface area contributed by atoms with Crippen LogP contribution in [0.1, 0.15) is 181 Å². The van der Waals surface area contributed by atoms with Crippen LogP contribution in [-0.2, 0) is 52.5 Å². The van der Waals surface area contributed by atoms with Crippen molar-refractivity contribution in [3.8, 4) is 0 Å². The number of carboxylic acid groups (broad SMARTS) is 1. The SMILES string of the molecule is CCCCCCCCCCCCCCCCCCCC(=O)NCC1CCC(C(=O)NCCCC(=O)NC(CCC(=O)O)C(=O)NCCOCCOCC(=O)NCCOCCOCC(C)=O)CC1. The standard InChI is InChI=1S/C50H91N5O12/c1-3-4-5-6-7-8-9-10-11-12-13-14-15-16-17-18-19-21-45(57)54-38-42-23-25-43(26-24-42)49(62)52-29-20-22-46(58)55-44(27-28-48(60)61)50(63)53-31-33-65-35-37-67-40-47(59)51-30-32-64-34-36-66-39-41(2)56/h42-44H,3-40H2,1-2H3,(H,51,59)(H,52,62)(H,53,63)(H,54,57)(H,55,58)(H,60,61). The van der Waals surface area contributed by atoms with Crippen LogP contribution in [0.2, 0.25) is 0 Å². The summed E-state index contributed by atoms with van der Waals surface area (Å²) in [6, 6.07) is -1.05. The van der Waals surface area contributed by atoms with E-state index in [1.807, 2.05) is 0 Å². The van der Waals surface area contributed by atoms with Crippen LogP contribution in [0.15, 0.2) is 0 Å². The molecule has 1 fully saturated rings. The molecule has 17 nitrogen and oxygen atoms in total. The van der Waals surface area contributed by atoms with Crippen LogP contribution in [-0.4, -0.2) is 131 Å². The van der Waals surface area contributed by atoms with Gasteiger partial charge in [-0.25, -0.2) is 0 Å². The molecule has 1 atom stereocenters. The summed E-state index contributed by atoms with van der Waals surface area (Å²) >= 11 is 0. The highest BCUT2D eigenvalue weighted by Gasteiger charge is 2.27. The summed E-state index contributed by atoms with van der Waals surface area (Å²) in [5, 5.41) is 23.1. The normalized spacial score (nSPS) is 15.1. The summed E-state index contributed by atoms with van der Waals surface area (Å²) in [5.74, 6) is -2.08. The van der Waals surface area contributed by atoms with E-state index in [9.17, 15) is 33.6 Å². The summed E-state index contributed by atoms with van der Waals surface area (Å²) < 4.78 is 21.1. The Hall–Kier alpha value is -3.67. The van der Waals surface area contributed by atoms with Crippen molar-refractivity contribution in [3.05, 3.63) is 0 Å². The minimum absolute atomic E-state index is 0.0386. The first-order valence-electron chi connectivity index (χ1n) is 25.9. The van der Waals surface area contributed by atoms with Crippen molar-refractivity contribution in [2.45, 2.75) is 187 Å². The maximum atomic E-state index is 12.8. The van der Waals surface area contributed by atoms with Crippen LogP contribution in [0, 0.1) is 11.8 Å². The molecule has 0 aromatic heterocycles. The summed E-state index contributed by atoms with van der Waals surface area (Å²) in [6.07, 6.45) is 26.2. The van der Waals surface area contributed by atoms with E-state index < -0.39 is 23.8 Å². The molecule has 0 spiro atoms. The minimum atomic E-state index is -1.10. The van der Waals surface area contributed by atoms with Gasteiger partial charge in [-0.15, -0.1) is 0 Å². The topological polar surface area (TPSA) is 237 Å². The average Bonchev–Trinajstić information content (AvgIpc) is 3.31. The number of carbonyl (C=O) groups is 7. The minimum Gasteiger partial charge on any atom is -0.481 e. The molecule has 1 aliphatic carbocycles. The number of hydrogen-bond acceptors (Lipinski definition) is 11. The lowest BCUT2D eigenvalue weighted by Gasteiger charge is -2.28. The lowest BCUT2D eigenvalue weighted by Crippen LogP contribution is -2.47. The van der Waals surface area contributed by atoms with Crippen LogP contribution in [0.25, 0.3) is 0 Å².